The van der Waals surface area contributed by atoms with Crippen molar-refractivity contribution in [1.29, 1.82) is 0 Å². The van der Waals surface area contributed by atoms with E-state index in [1.807, 2.05) is 17.0 Å². The Morgan fingerprint density at radius 3 is 2.76 bits per heavy atom. The molecule has 0 aliphatic carbocycles. The molecule has 0 radical (unpaired) electrons. The van der Waals surface area contributed by atoms with Crippen LogP contribution in [-0.4, -0.2) is 51.4 Å². The molecule has 25 heavy (non-hydrogen) atoms. The number of rotatable bonds is 3. The van der Waals surface area contributed by atoms with Gasteiger partial charge in [0.2, 0.25) is 0 Å². The van der Waals surface area contributed by atoms with Crippen LogP contribution in [0.15, 0.2) is 42.9 Å². The van der Waals surface area contributed by atoms with E-state index in [0.29, 0.717) is 17.8 Å². The summed E-state index contributed by atoms with van der Waals surface area (Å²) in [4.78, 5) is 25.5. The largest absolute Gasteiger partial charge is 0.383 e. The first-order valence-corrected chi connectivity index (χ1v) is 8.83. The maximum absolute atomic E-state index is 12.8. The number of anilines is 1. The van der Waals surface area contributed by atoms with Crippen molar-refractivity contribution in [3.63, 3.8) is 0 Å². The van der Waals surface area contributed by atoms with Gasteiger partial charge in [-0.25, -0.2) is 4.98 Å². The molecule has 1 amide bonds. The Bertz CT molecular complexity index is 750. The lowest BCUT2D eigenvalue weighted by atomic mass is 9.94. The molecule has 0 aromatic carbocycles. The number of nitrogens with zero attached hydrogens (tertiary/aromatic N) is 4. The molecule has 2 N–H and O–H groups in total. The van der Waals surface area contributed by atoms with Crippen LogP contribution in [0.25, 0.3) is 0 Å². The monoisotopic (exact) mass is 337 g/mol. The van der Waals surface area contributed by atoms with Crippen LogP contribution in [0.5, 0.6) is 0 Å². The highest BCUT2D eigenvalue weighted by Gasteiger charge is 2.36. The number of nitrogens with two attached hydrogens (primary N) is 1. The molecule has 3 fully saturated rings. The van der Waals surface area contributed by atoms with E-state index in [0.717, 1.165) is 43.7 Å². The lowest BCUT2D eigenvalue weighted by Gasteiger charge is -2.36. The Balaban J connectivity index is 1.51. The van der Waals surface area contributed by atoms with Crippen molar-refractivity contribution < 1.29 is 4.79 Å². The zero-order chi connectivity index (χ0) is 17.2. The van der Waals surface area contributed by atoms with E-state index in [1.54, 1.807) is 30.7 Å². The third kappa shape index (κ3) is 3.35. The van der Waals surface area contributed by atoms with Gasteiger partial charge in [0.1, 0.15) is 5.82 Å². The molecule has 0 spiro atoms. The lowest BCUT2D eigenvalue weighted by molar-refractivity contribution is 0.0736. The highest BCUT2D eigenvalue weighted by Crippen LogP contribution is 2.30. The number of piperidine rings is 1. The van der Waals surface area contributed by atoms with Gasteiger partial charge in [-0.1, -0.05) is 6.07 Å². The van der Waals surface area contributed by atoms with Crippen molar-refractivity contribution in [1.82, 2.24) is 19.8 Å². The number of fused-ring (bicyclic) bond motifs is 4. The van der Waals surface area contributed by atoms with Gasteiger partial charge >= 0.3 is 0 Å². The summed E-state index contributed by atoms with van der Waals surface area (Å²) in [5.41, 5.74) is 7.81. The normalized spacial score (nSPS) is 23.4. The van der Waals surface area contributed by atoms with Crippen LogP contribution < -0.4 is 5.73 Å². The van der Waals surface area contributed by atoms with Crippen molar-refractivity contribution in [3.8, 4) is 0 Å². The van der Waals surface area contributed by atoms with Gasteiger partial charge in [-0.05, 0) is 37.0 Å². The van der Waals surface area contributed by atoms with E-state index in [1.165, 1.54) is 6.42 Å². The number of pyridine rings is 2. The van der Waals surface area contributed by atoms with E-state index in [9.17, 15) is 4.79 Å². The zero-order valence-corrected chi connectivity index (χ0v) is 14.2. The van der Waals surface area contributed by atoms with Crippen LogP contribution in [0, 0.1) is 5.92 Å². The Kier molecular flexibility index (Phi) is 4.36. The Morgan fingerprint density at radius 2 is 1.96 bits per heavy atom. The van der Waals surface area contributed by atoms with Crippen LogP contribution in [-0.2, 0) is 6.54 Å². The zero-order valence-electron chi connectivity index (χ0n) is 14.2. The molecule has 5 heterocycles. The quantitative estimate of drug-likeness (QED) is 0.924. The fraction of sp³-hybridized carbons (Fsp3) is 0.421. The first-order valence-electron chi connectivity index (χ1n) is 8.83. The summed E-state index contributed by atoms with van der Waals surface area (Å²) >= 11 is 0. The number of aromatic nitrogens is 2. The van der Waals surface area contributed by atoms with E-state index >= 15 is 0 Å². The predicted octanol–water partition coefficient (Wildman–Crippen LogP) is 1.80. The minimum Gasteiger partial charge on any atom is -0.383 e. The van der Waals surface area contributed by atoms with Gasteiger partial charge in [-0.3, -0.25) is 14.7 Å². The second-order valence-electron chi connectivity index (χ2n) is 7.02. The molecule has 2 atom stereocenters. The minimum atomic E-state index is 0.113. The van der Waals surface area contributed by atoms with Gasteiger partial charge in [-0.15, -0.1) is 0 Å². The van der Waals surface area contributed by atoms with E-state index in [2.05, 4.69) is 14.9 Å². The molecule has 2 bridgehead atoms. The number of amides is 1. The van der Waals surface area contributed by atoms with Crippen molar-refractivity contribution in [3.05, 3.63) is 54.0 Å². The number of hydrogen-bond donors (Lipinski definition) is 1. The molecule has 3 aliphatic heterocycles. The Labute approximate surface area is 147 Å². The predicted molar refractivity (Wildman–Crippen MR) is 95.7 cm³/mol. The first-order chi connectivity index (χ1) is 12.2. The molecular formula is C19H23N5O. The van der Waals surface area contributed by atoms with Gasteiger partial charge < -0.3 is 10.6 Å². The second-order valence-corrected chi connectivity index (χ2v) is 7.02. The van der Waals surface area contributed by atoms with Crippen molar-refractivity contribution in [2.75, 3.05) is 25.4 Å². The maximum Gasteiger partial charge on any atom is 0.254 e. The molecule has 3 aliphatic rings. The van der Waals surface area contributed by atoms with Gasteiger partial charge in [0.05, 0.1) is 0 Å². The summed E-state index contributed by atoms with van der Waals surface area (Å²) in [6.45, 7) is 3.42. The molecule has 0 unspecified atom stereocenters. The second kappa shape index (κ2) is 6.80. The lowest BCUT2D eigenvalue weighted by Crippen LogP contribution is -2.44. The third-order valence-electron chi connectivity index (χ3n) is 5.34. The fourth-order valence-electron chi connectivity index (χ4n) is 4.02. The topological polar surface area (TPSA) is 75.3 Å². The third-order valence-corrected chi connectivity index (χ3v) is 5.34. The van der Waals surface area contributed by atoms with Gasteiger partial charge in [0, 0.05) is 61.9 Å². The summed E-state index contributed by atoms with van der Waals surface area (Å²) in [6.07, 6.45) is 7.39. The van der Waals surface area contributed by atoms with Crippen molar-refractivity contribution >= 4 is 11.7 Å². The van der Waals surface area contributed by atoms with Crippen LogP contribution >= 0.6 is 0 Å². The van der Waals surface area contributed by atoms with Gasteiger partial charge in [0.25, 0.3) is 5.91 Å². The van der Waals surface area contributed by atoms with Crippen molar-refractivity contribution in [2.24, 2.45) is 5.92 Å². The highest BCUT2D eigenvalue weighted by atomic mass is 16.2. The average molecular weight is 337 g/mol. The molecule has 2 aromatic heterocycles. The molecule has 3 saturated heterocycles. The Hall–Kier alpha value is -2.47. The molecular weight excluding hydrogens is 314 g/mol. The molecule has 5 rings (SSSR count). The van der Waals surface area contributed by atoms with Gasteiger partial charge in [-0.2, -0.15) is 0 Å². The Morgan fingerprint density at radius 1 is 1.12 bits per heavy atom. The summed E-state index contributed by atoms with van der Waals surface area (Å²) < 4.78 is 0. The smallest absolute Gasteiger partial charge is 0.254 e. The van der Waals surface area contributed by atoms with E-state index in [-0.39, 0.29) is 5.91 Å². The van der Waals surface area contributed by atoms with Crippen LogP contribution in [0.2, 0.25) is 0 Å². The van der Waals surface area contributed by atoms with E-state index in [4.69, 9.17) is 5.73 Å². The van der Waals surface area contributed by atoms with Gasteiger partial charge in [0.15, 0.2) is 0 Å². The standard InChI is InChI=1S/C19H23N5O/c20-18-16(2-1-7-22-18)12-23-10-14-3-4-17(23)13-24(11-14)19(25)15-5-8-21-9-6-15/h1-2,5-9,14,17H,3-4,10-13H2,(H2,20,22)/t14-,17-/m1/s1. The molecule has 130 valence electrons. The number of carbonyl (C=O) groups excluding carboxylic acids is 1. The van der Waals surface area contributed by atoms with Crippen LogP contribution in [0.1, 0.15) is 28.8 Å². The highest BCUT2D eigenvalue weighted by molar-refractivity contribution is 5.94. The minimum absolute atomic E-state index is 0.113. The summed E-state index contributed by atoms with van der Waals surface area (Å²) in [5.74, 6) is 1.23. The number of carbonyl (C=O) groups is 1. The summed E-state index contributed by atoms with van der Waals surface area (Å²) in [7, 11) is 0. The first kappa shape index (κ1) is 16.0. The molecule has 6 heteroatoms. The maximum atomic E-state index is 12.8. The molecule has 6 nitrogen and oxygen atoms in total. The molecule has 0 saturated carbocycles. The van der Waals surface area contributed by atoms with Crippen molar-refractivity contribution in [2.45, 2.75) is 25.4 Å². The average Bonchev–Trinajstić information content (AvgIpc) is 2.95. The van der Waals surface area contributed by atoms with E-state index < -0.39 is 0 Å². The summed E-state index contributed by atoms with van der Waals surface area (Å²) in [5, 5.41) is 0. The van der Waals surface area contributed by atoms with Crippen LogP contribution in [0.4, 0.5) is 5.82 Å². The SMILES string of the molecule is Nc1ncccc1CN1C[C@H]2CC[C@@H]1CN(C(=O)c1ccncc1)C2. The van der Waals surface area contributed by atoms with Crippen LogP contribution in [0.3, 0.4) is 0 Å². The summed E-state index contributed by atoms with van der Waals surface area (Å²) in [6, 6.07) is 7.94. The number of hydrogen-bond acceptors (Lipinski definition) is 5. The number of nitrogen functional groups attached to an aromatic ring is 1. The fourth-order valence-corrected chi connectivity index (χ4v) is 4.02. The molecule has 2 aromatic rings.